The molecule has 8 heteroatoms. The predicted octanol–water partition coefficient (Wildman–Crippen LogP) is 4.27. The van der Waals surface area contributed by atoms with Crippen molar-refractivity contribution in [2.75, 3.05) is 6.79 Å². The van der Waals surface area contributed by atoms with Crippen molar-refractivity contribution in [2.24, 2.45) is 5.14 Å². The van der Waals surface area contributed by atoms with Gasteiger partial charge in [0.05, 0.1) is 10.3 Å². The van der Waals surface area contributed by atoms with Gasteiger partial charge >= 0.3 is 0 Å². The summed E-state index contributed by atoms with van der Waals surface area (Å²) in [6, 6.07) is 14.7. The molecular weight excluding hydrogens is 445 g/mol. The van der Waals surface area contributed by atoms with Crippen LogP contribution in [-0.4, -0.2) is 21.0 Å². The fourth-order valence-electron chi connectivity index (χ4n) is 4.39. The highest BCUT2D eigenvalue weighted by atomic mass is 32.2. The van der Waals surface area contributed by atoms with E-state index in [1.54, 1.807) is 31.2 Å². The Bertz CT molecular complexity index is 1400. The lowest BCUT2D eigenvalue weighted by atomic mass is 9.86. The van der Waals surface area contributed by atoms with Gasteiger partial charge in [-0.3, -0.25) is 4.79 Å². The van der Waals surface area contributed by atoms with Gasteiger partial charge in [-0.2, -0.15) is 0 Å². The zero-order valence-electron chi connectivity index (χ0n) is 17.9. The van der Waals surface area contributed by atoms with E-state index in [1.807, 2.05) is 12.1 Å². The highest BCUT2D eigenvalue weighted by Gasteiger charge is 2.51. The number of carbonyl (C=O) groups excluding carboxylic acids is 1. The fraction of sp³-hybridized carbons (Fsp3) is 0.240. The van der Waals surface area contributed by atoms with Crippen LogP contribution in [0.15, 0.2) is 59.5 Å². The van der Waals surface area contributed by atoms with Crippen LogP contribution in [0.1, 0.15) is 31.0 Å². The van der Waals surface area contributed by atoms with Crippen molar-refractivity contribution in [1.29, 1.82) is 0 Å². The first-order valence-corrected chi connectivity index (χ1v) is 12.1. The van der Waals surface area contributed by atoms with Crippen molar-refractivity contribution in [3.8, 4) is 22.6 Å². The summed E-state index contributed by atoms with van der Waals surface area (Å²) in [5.41, 5.74) is 2.35. The minimum atomic E-state index is -3.88. The van der Waals surface area contributed by atoms with E-state index in [2.05, 4.69) is 0 Å². The Morgan fingerprint density at radius 2 is 1.85 bits per heavy atom. The van der Waals surface area contributed by atoms with Crippen molar-refractivity contribution in [1.82, 2.24) is 0 Å². The molecule has 0 radical (unpaired) electrons. The molecule has 0 atom stereocenters. The maximum atomic E-state index is 14.9. The molecule has 2 N–H and O–H groups in total. The second-order valence-corrected chi connectivity index (χ2v) is 10.1. The molecule has 172 valence electrons. The lowest BCUT2D eigenvalue weighted by Gasteiger charge is -2.17. The van der Waals surface area contributed by atoms with Gasteiger partial charge in [-0.15, -0.1) is 0 Å². The number of rotatable bonds is 6. The van der Waals surface area contributed by atoms with Gasteiger partial charge in [0.15, 0.2) is 11.5 Å². The van der Waals surface area contributed by atoms with Crippen LogP contribution >= 0.6 is 0 Å². The Morgan fingerprint density at radius 3 is 2.58 bits per heavy atom. The average Bonchev–Trinajstić information content (AvgIpc) is 3.46. The van der Waals surface area contributed by atoms with E-state index in [1.165, 1.54) is 18.2 Å². The maximum Gasteiger partial charge on any atom is 0.238 e. The number of hydrogen-bond donors (Lipinski definition) is 1. The first kappa shape index (κ1) is 21.6. The quantitative estimate of drug-likeness (QED) is 0.582. The van der Waals surface area contributed by atoms with Crippen molar-refractivity contribution in [2.45, 2.75) is 36.5 Å². The molecule has 0 saturated heterocycles. The monoisotopic (exact) mass is 469 g/mol. The highest BCUT2D eigenvalue weighted by Crippen LogP contribution is 2.51. The fourth-order valence-corrected chi connectivity index (χ4v) is 4.95. The molecule has 3 aromatic rings. The molecule has 3 aromatic carbocycles. The number of aryl methyl sites for hydroxylation is 1. The molecule has 0 spiro atoms. The van der Waals surface area contributed by atoms with Crippen LogP contribution in [0.5, 0.6) is 11.5 Å². The Kier molecular flexibility index (Phi) is 5.02. The summed E-state index contributed by atoms with van der Waals surface area (Å²) in [7, 11) is -3.88. The van der Waals surface area contributed by atoms with Gasteiger partial charge in [-0.05, 0) is 84.0 Å². The Hall–Kier alpha value is -3.23. The lowest BCUT2D eigenvalue weighted by Crippen LogP contribution is -2.23. The van der Waals surface area contributed by atoms with Crippen LogP contribution in [0, 0.1) is 12.7 Å². The normalized spacial score (nSPS) is 16.0. The minimum Gasteiger partial charge on any atom is -0.454 e. The van der Waals surface area contributed by atoms with Gasteiger partial charge in [-0.25, -0.2) is 17.9 Å². The molecule has 1 fully saturated rings. The van der Waals surface area contributed by atoms with E-state index in [4.69, 9.17) is 14.6 Å². The lowest BCUT2D eigenvalue weighted by molar-refractivity contribution is -0.120. The molecule has 33 heavy (non-hydrogen) atoms. The number of nitrogens with two attached hydrogens (primary N) is 1. The number of fused-ring (bicyclic) bond motifs is 1. The molecule has 0 bridgehead atoms. The molecule has 1 saturated carbocycles. The number of benzene rings is 3. The number of Topliss-reactive ketones (excluding diaryl/α,β-unsaturated/α-hetero) is 1. The van der Waals surface area contributed by atoms with Crippen LogP contribution in [0.25, 0.3) is 11.1 Å². The molecule has 1 aliphatic carbocycles. The van der Waals surface area contributed by atoms with Crippen LogP contribution in [0.4, 0.5) is 4.39 Å². The van der Waals surface area contributed by atoms with Gasteiger partial charge in [0.25, 0.3) is 0 Å². The van der Waals surface area contributed by atoms with Gasteiger partial charge in [-0.1, -0.05) is 18.2 Å². The van der Waals surface area contributed by atoms with Crippen molar-refractivity contribution < 1.29 is 28.5 Å². The standard InChI is InChI=1S/C25H22FNO5S.H2/c1-15-9-21(26)17(11-20(15)16-3-2-4-19(10-16)33(27,29)30)12-24(28)25(7-8-25)18-5-6-22-23(13-18)32-14-31-22;/h2-6,9-11,13H,7-8,12,14H2,1H3,(H2,27,29,30);1H. The molecule has 0 unspecified atom stereocenters. The number of hydrogen-bond acceptors (Lipinski definition) is 5. The summed E-state index contributed by atoms with van der Waals surface area (Å²) in [5, 5.41) is 5.26. The summed E-state index contributed by atoms with van der Waals surface area (Å²) in [6.07, 6.45) is 1.33. The van der Waals surface area contributed by atoms with Crippen molar-refractivity contribution in [3.05, 3.63) is 77.1 Å². The molecule has 1 aliphatic heterocycles. The van der Waals surface area contributed by atoms with E-state index in [-0.39, 0.29) is 30.9 Å². The zero-order chi connectivity index (χ0) is 23.4. The number of primary sulfonamides is 1. The third kappa shape index (κ3) is 3.89. The van der Waals surface area contributed by atoms with E-state index in [9.17, 15) is 17.6 Å². The average molecular weight is 470 g/mol. The second kappa shape index (κ2) is 7.67. The zero-order valence-corrected chi connectivity index (χ0v) is 18.7. The van der Waals surface area contributed by atoms with E-state index in [0.29, 0.717) is 41.0 Å². The molecule has 6 nitrogen and oxygen atoms in total. The van der Waals surface area contributed by atoms with Crippen LogP contribution in [0.2, 0.25) is 0 Å². The third-order valence-electron chi connectivity index (χ3n) is 6.43. The topological polar surface area (TPSA) is 95.7 Å². The second-order valence-electron chi connectivity index (χ2n) is 8.58. The predicted molar refractivity (Wildman–Crippen MR) is 122 cm³/mol. The first-order chi connectivity index (χ1) is 15.7. The van der Waals surface area contributed by atoms with Crippen molar-refractivity contribution in [3.63, 3.8) is 0 Å². The molecular formula is C25H24FNO5S. The number of ether oxygens (including phenoxy) is 2. The number of carbonyl (C=O) groups is 1. The Balaban J connectivity index is 0.00000274. The van der Waals surface area contributed by atoms with Gasteiger partial charge in [0.2, 0.25) is 16.8 Å². The summed E-state index contributed by atoms with van der Waals surface area (Å²) in [6.45, 7) is 1.90. The molecule has 0 amide bonds. The van der Waals surface area contributed by atoms with Crippen LogP contribution in [0.3, 0.4) is 0 Å². The molecule has 0 aromatic heterocycles. The summed E-state index contributed by atoms with van der Waals surface area (Å²) in [5.74, 6) is 0.741. The van der Waals surface area contributed by atoms with E-state index in [0.717, 1.165) is 5.56 Å². The number of ketones is 1. The smallest absolute Gasteiger partial charge is 0.238 e. The van der Waals surface area contributed by atoms with Crippen molar-refractivity contribution >= 4 is 15.8 Å². The minimum absolute atomic E-state index is 0. The third-order valence-corrected chi connectivity index (χ3v) is 7.34. The largest absolute Gasteiger partial charge is 0.454 e. The highest BCUT2D eigenvalue weighted by molar-refractivity contribution is 7.89. The summed E-state index contributed by atoms with van der Waals surface area (Å²) >= 11 is 0. The van der Waals surface area contributed by atoms with Gasteiger partial charge < -0.3 is 9.47 Å². The Morgan fingerprint density at radius 1 is 1.09 bits per heavy atom. The Labute approximate surface area is 192 Å². The van der Waals surface area contributed by atoms with Crippen LogP contribution in [-0.2, 0) is 26.7 Å². The first-order valence-electron chi connectivity index (χ1n) is 10.5. The summed E-state index contributed by atoms with van der Waals surface area (Å²) in [4.78, 5) is 13.3. The molecule has 5 rings (SSSR count). The maximum absolute atomic E-state index is 14.9. The molecule has 2 aliphatic rings. The summed E-state index contributed by atoms with van der Waals surface area (Å²) < 4.78 is 49.2. The number of sulfonamides is 1. The van der Waals surface area contributed by atoms with Gasteiger partial charge in [0.1, 0.15) is 11.6 Å². The SMILES string of the molecule is Cc1cc(F)c(CC(=O)C2(c3ccc4c(c3)OCO4)CC2)cc1-c1cccc(S(N)(=O)=O)c1.[HH]. The number of halogens is 1. The van der Waals surface area contributed by atoms with E-state index >= 15 is 0 Å². The molecule has 1 heterocycles. The van der Waals surface area contributed by atoms with Crippen LogP contribution < -0.4 is 14.6 Å². The van der Waals surface area contributed by atoms with E-state index < -0.39 is 21.3 Å². The van der Waals surface area contributed by atoms with Gasteiger partial charge in [0, 0.05) is 7.85 Å².